The highest BCUT2D eigenvalue weighted by atomic mass is 32.2. The van der Waals surface area contributed by atoms with Crippen LogP contribution in [0.1, 0.15) is 52.7 Å². The Balaban J connectivity index is 3.68. The minimum Gasteiger partial charge on any atom is -0.473 e. The Hall–Kier alpha value is -1.14. The van der Waals surface area contributed by atoms with Gasteiger partial charge >= 0.3 is 10.6 Å². The third-order valence-corrected chi connectivity index (χ3v) is 4.54. The maximum atomic E-state index is 11.3. The Morgan fingerprint density at radius 3 is 1.45 bits per heavy atom. The van der Waals surface area contributed by atoms with E-state index in [0.29, 0.717) is 9.79 Å². The van der Waals surface area contributed by atoms with Crippen molar-refractivity contribution in [1.82, 2.24) is 0 Å². The van der Waals surface area contributed by atoms with Crippen molar-refractivity contribution in [3.8, 4) is 0 Å². The molecule has 0 amide bonds. The summed E-state index contributed by atoms with van der Waals surface area (Å²) >= 11 is 1.54. The zero-order valence-corrected chi connectivity index (χ0v) is 15.3. The summed E-state index contributed by atoms with van der Waals surface area (Å²) in [5, 5.41) is 16.3. The number of hydrogen-bond acceptors (Lipinski definition) is 4. The fourth-order valence-electron chi connectivity index (χ4n) is 2.07. The average molecular weight is 342 g/mol. The third kappa shape index (κ3) is 4.95. The molecule has 1 aromatic carbocycles. The number of carbonyl (C=O) groups is 2. The standard InChI is InChI=1S/C16H22O4S2/c1-15(2,3)10-7-9(21-13(17)18)8-11(16(4,5)6)12(10)22-14(19)20/h7-8H,1-6H3,(H,17,18)(H,19,20). The topological polar surface area (TPSA) is 74.6 Å². The SMILES string of the molecule is CC(C)(C)c1cc(SC(=O)O)cc(C(C)(C)C)c1SC(=O)O. The van der Waals surface area contributed by atoms with E-state index in [4.69, 9.17) is 5.11 Å². The molecule has 0 heterocycles. The van der Waals surface area contributed by atoms with Crippen molar-refractivity contribution in [3.63, 3.8) is 0 Å². The molecule has 4 nitrogen and oxygen atoms in total. The van der Waals surface area contributed by atoms with Crippen molar-refractivity contribution in [2.45, 2.75) is 62.2 Å². The van der Waals surface area contributed by atoms with E-state index in [1.54, 1.807) is 12.1 Å². The van der Waals surface area contributed by atoms with Gasteiger partial charge in [-0.15, -0.1) is 0 Å². The van der Waals surface area contributed by atoms with Crippen molar-refractivity contribution in [2.75, 3.05) is 0 Å². The summed E-state index contributed by atoms with van der Waals surface area (Å²) in [5.41, 5.74) is 1.15. The molecule has 1 rings (SSSR count). The minimum atomic E-state index is -0.974. The maximum Gasteiger partial charge on any atom is 0.369 e. The monoisotopic (exact) mass is 342 g/mol. The van der Waals surface area contributed by atoms with Gasteiger partial charge in [-0.1, -0.05) is 41.5 Å². The van der Waals surface area contributed by atoms with Gasteiger partial charge in [0.25, 0.3) is 0 Å². The van der Waals surface area contributed by atoms with Crippen LogP contribution in [0.15, 0.2) is 21.9 Å². The molecule has 0 spiro atoms. The van der Waals surface area contributed by atoms with E-state index in [0.717, 1.165) is 34.7 Å². The molecule has 0 saturated carbocycles. The summed E-state index contributed by atoms with van der Waals surface area (Å²) < 4.78 is 0. The van der Waals surface area contributed by atoms with Crippen LogP contribution in [0.4, 0.5) is 9.59 Å². The largest absolute Gasteiger partial charge is 0.473 e. The Bertz CT molecular complexity index is 560. The fraction of sp³-hybridized carbons (Fsp3) is 0.500. The summed E-state index contributed by atoms with van der Waals surface area (Å²) in [6.45, 7) is 12.0. The van der Waals surface area contributed by atoms with E-state index in [-0.39, 0.29) is 10.8 Å². The number of hydrogen-bond donors (Lipinski definition) is 2. The zero-order valence-electron chi connectivity index (χ0n) is 13.7. The van der Waals surface area contributed by atoms with Crippen LogP contribution >= 0.6 is 23.5 Å². The predicted octanol–water partition coefficient (Wildman–Crippen LogP) is 5.82. The lowest BCUT2D eigenvalue weighted by atomic mass is 9.80. The molecule has 0 aromatic heterocycles. The van der Waals surface area contributed by atoms with Gasteiger partial charge in [0.05, 0.1) is 0 Å². The fourth-order valence-corrected chi connectivity index (χ4v) is 3.75. The van der Waals surface area contributed by atoms with E-state index in [1.165, 1.54) is 0 Å². The molecule has 0 bridgehead atoms. The van der Waals surface area contributed by atoms with E-state index in [2.05, 4.69) is 0 Å². The second-order valence-corrected chi connectivity index (χ2v) is 9.07. The maximum absolute atomic E-state index is 11.3. The number of thioether (sulfide) groups is 2. The molecular formula is C16H22O4S2. The smallest absolute Gasteiger partial charge is 0.369 e. The van der Waals surface area contributed by atoms with Crippen LogP contribution in [-0.4, -0.2) is 20.8 Å². The van der Waals surface area contributed by atoms with Crippen molar-refractivity contribution >= 4 is 34.1 Å². The van der Waals surface area contributed by atoms with Gasteiger partial charge in [0.15, 0.2) is 0 Å². The Morgan fingerprint density at radius 2 is 1.18 bits per heavy atom. The lowest BCUT2D eigenvalue weighted by molar-refractivity contribution is 0.221. The van der Waals surface area contributed by atoms with E-state index in [1.807, 2.05) is 41.5 Å². The first-order chi connectivity index (χ1) is 9.82. The summed E-state index contributed by atoms with van der Waals surface area (Å²) in [7, 11) is 0. The van der Waals surface area contributed by atoms with Crippen LogP contribution in [0.3, 0.4) is 0 Å². The van der Waals surface area contributed by atoms with Crippen LogP contribution in [0.5, 0.6) is 0 Å². The van der Waals surface area contributed by atoms with Gasteiger partial charge in [-0.2, -0.15) is 0 Å². The molecule has 2 N–H and O–H groups in total. The number of carboxylic acid groups (broad SMARTS) is 2. The molecule has 0 fully saturated rings. The van der Waals surface area contributed by atoms with E-state index in [9.17, 15) is 14.7 Å². The molecule has 0 atom stereocenters. The Labute approximate surface area is 139 Å². The number of benzene rings is 1. The first-order valence-corrected chi connectivity index (χ1v) is 8.46. The van der Waals surface area contributed by atoms with Crippen molar-refractivity contribution < 1.29 is 19.8 Å². The molecule has 0 aliphatic carbocycles. The van der Waals surface area contributed by atoms with Crippen LogP contribution in [0, 0.1) is 0 Å². The highest BCUT2D eigenvalue weighted by Gasteiger charge is 2.28. The molecule has 0 aliphatic rings. The van der Waals surface area contributed by atoms with Crippen molar-refractivity contribution in [2.24, 2.45) is 0 Å². The summed E-state index contributed by atoms with van der Waals surface area (Å²) in [4.78, 5) is 23.6. The normalized spacial score (nSPS) is 12.3. The van der Waals surface area contributed by atoms with E-state index >= 15 is 0 Å². The molecule has 0 unspecified atom stereocenters. The predicted molar refractivity (Wildman–Crippen MR) is 91.6 cm³/mol. The molecule has 6 heteroatoms. The highest BCUT2D eigenvalue weighted by Crippen LogP contribution is 2.42. The minimum absolute atomic E-state index is 0.285. The van der Waals surface area contributed by atoms with Crippen molar-refractivity contribution in [3.05, 3.63) is 23.3 Å². The second-order valence-electron chi connectivity index (χ2n) is 7.08. The molecule has 0 radical (unpaired) electrons. The van der Waals surface area contributed by atoms with Crippen LogP contribution in [0.25, 0.3) is 0 Å². The zero-order chi connectivity index (χ0) is 17.3. The first kappa shape index (κ1) is 18.9. The van der Waals surface area contributed by atoms with Crippen LogP contribution in [0.2, 0.25) is 0 Å². The molecule has 0 saturated heterocycles. The highest BCUT2D eigenvalue weighted by molar-refractivity contribution is 8.13. The quantitative estimate of drug-likeness (QED) is 0.659. The lowest BCUT2D eigenvalue weighted by Gasteiger charge is -2.29. The third-order valence-electron chi connectivity index (χ3n) is 3.07. The second kappa shape index (κ2) is 6.54. The Kier molecular flexibility index (Phi) is 5.62. The molecular weight excluding hydrogens is 320 g/mol. The van der Waals surface area contributed by atoms with Gasteiger partial charge in [-0.25, -0.2) is 9.59 Å². The number of rotatable bonds is 2. The van der Waals surface area contributed by atoms with Gasteiger partial charge in [0.1, 0.15) is 0 Å². The summed E-state index contributed by atoms with van der Waals surface area (Å²) in [6, 6.07) is 3.58. The molecule has 122 valence electrons. The van der Waals surface area contributed by atoms with Gasteiger partial charge in [-0.05, 0) is 57.6 Å². The summed E-state index contributed by atoms with van der Waals surface area (Å²) in [6.07, 6.45) is 0. The van der Waals surface area contributed by atoms with Gasteiger partial charge in [0, 0.05) is 9.79 Å². The van der Waals surface area contributed by atoms with Gasteiger partial charge in [0.2, 0.25) is 0 Å². The first-order valence-electron chi connectivity index (χ1n) is 6.83. The molecule has 1 aromatic rings. The van der Waals surface area contributed by atoms with Crippen LogP contribution < -0.4 is 0 Å². The molecule has 22 heavy (non-hydrogen) atoms. The van der Waals surface area contributed by atoms with Crippen LogP contribution in [-0.2, 0) is 10.8 Å². The lowest BCUT2D eigenvalue weighted by Crippen LogP contribution is -2.19. The van der Waals surface area contributed by atoms with Gasteiger partial charge in [-0.3, -0.25) is 0 Å². The van der Waals surface area contributed by atoms with E-state index < -0.39 is 10.6 Å². The average Bonchev–Trinajstić information content (AvgIpc) is 2.26. The van der Waals surface area contributed by atoms with Gasteiger partial charge < -0.3 is 10.2 Å². The Morgan fingerprint density at radius 1 is 0.818 bits per heavy atom. The summed E-state index contributed by atoms with van der Waals surface area (Å²) in [5.74, 6) is 0. The van der Waals surface area contributed by atoms with Crippen molar-refractivity contribution in [1.29, 1.82) is 0 Å². The molecule has 0 aliphatic heterocycles.